The molecule has 0 atom stereocenters. The summed E-state index contributed by atoms with van der Waals surface area (Å²) in [5, 5.41) is 0. The van der Waals surface area contributed by atoms with Crippen LogP contribution in [0.2, 0.25) is 0 Å². The summed E-state index contributed by atoms with van der Waals surface area (Å²) >= 11 is 1.28. The molecule has 19 heavy (non-hydrogen) atoms. The maximum absolute atomic E-state index is 12.4. The summed E-state index contributed by atoms with van der Waals surface area (Å²) in [6.45, 7) is 4.30. The fourth-order valence-electron chi connectivity index (χ4n) is 2.63. The maximum atomic E-state index is 12.4. The van der Waals surface area contributed by atoms with Crippen LogP contribution in [0, 0.1) is 6.92 Å². The molecule has 1 aromatic rings. The average Bonchev–Trinajstić information content (AvgIpc) is 2.71. The van der Waals surface area contributed by atoms with Gasteiger partial charge >= 0.3 is 0 Å². The smallest absolute Gasteiger partial charge is 0.250 e. The first-order valence-electron chi connectivity index (χ1n) is 6.70. The van der Waals surface area contributed by atoms with Crippen molar-refractivity contribution in [2.45, 2.75) is 62.2 Å². The predicted octanol–water partition coefficient (Wildman–Crippen LogP) is 2.52. The van der Waals surface area contributed by atoms with E-state index in [1.165, 1.54) is 17.8 Å². The number of rotatable bonds is 4. The van der Waals surface area contributed by atoms with Crippen LogP contribution in [0.5, 0.6) is 0 Å². The van der Waals surface area contributed by atoms with E-state index < -0.39 is 10.0 Å². The Bertz CT molecular complexity index is 543. The molecule has 0 spiro atoms. The van der Waals surface area contributed by atoms with Crippen molar-refractivity contribution in [2.24, 2.45) is 5.73 Å². The van der Waals surface area contributed by atoms with Gasteiger partial charge in [0.15, 0.2) is 0 Å². The average molecular weight is 302 g/mol. The minimum absolute atomic E-state index is 0.294. The molecule has 1 heterocycles. The molecule has 6 heteroatoms. The summed E-state index contributed by atoms with van der Waals surface area (Å²) in [6, 6.07) is 1.72. The number of hydrogen-bond acceptors (Lipinski definition) is 4. The van der Waals surface area contributed by atoms with E-state index in [-0.39, 0.29) is 5.54 Å². The second-order valence-electron chi connectivity index (χ2n) is 5.60. The summed E-state index contributed by atoms with van der Waals surface area (Å²) in [4.78, 5) is 0.939. The van der Waals surface area contributed by atoms with Crippen molar-refractivity contribution in [3.63, 3.8) is 0 Å². The van der Waals surface area contributed by atoms with Crippen molar-refractivity contribution >= 4 is 21.4 Å². The molecule has 1 aliphatic rings. The van der Waals surface area contributed by atoms with Gasteiger partial charge in [0.25, 0.3) is 10.0 Å². The van der Waals surface area contributed by atoms with Crippen molar-refractivity contribution in [1.82, 2.24) is 4.72 Å². The summed E-state index contributed by atoms with van der Waals surface area (Å²) in [5.74, 6) is 0. The van der Waals surface area contributed by atoms with Gasteiger partial charge in [-0.15, -0.1) is 11.3 Å². The number of aryl methyl sites for hydroxylation is 1. The van der Waals surface area contributed by atoms with Gasteiger partial charge in [-0.3, -0.25) is 0 Å². The van der Waals surface area contributed by atoms with Crippen LogP contribution in [-0.4, -0.2) is 14.0 Å². The third-order valence-corrected chi connectivity index (χ3v) is 7.16. The Morgan fingerprint density at radius 1 is 1.37 bits per heavy atom. The van der Waals surface area contributed by atoms with Crippen LogP contribution in [0.15, 0.2) is 10.3 Å². The zero-order chi connectivity index (χ0) is 14.1. The first kappa shape index (κ1) is 15.0. The van der Waals surface area contributed by atoms with Crippen molar-refractivity contribution in [3.8, 4) is 0 Å². The van der Waals surface area contributed by atoms with E-state index in [4.69, 9.17) is 5.73 Å². The molecule has 0 saturated heterocycles. The van der Waals surface area contributed by atoms with Gasteiger partial charge in [0.1, 0.15) is 4.21 Å². The molecule has 0 aliphatic heterocycles. The molecular weight excluding hydrogens is 280 g/mol. The molecule has 1 aromatic heterocycles. The Morgan fingerprint density at radius 2 is 2.00 bits per heavy atom. The Kier molecular flexibility index (Phi) is 4.35. The quantitative estimate of drug-likeness (QED) is 0.897. The van der Waals surface area contributed by atoms with Crippen molar-refractivity contribution in [2.75, 3.05) is 0 Å². The monoisotopic (exact) mass is 302 g/mol. The number of nitrogens with two attached hydrogens (primary N) is 1. The Hall–Kier alpha value is -0.430. The molecule has 4 nitrogen and oxygen atoms in total. The van der Waals surface area contributed by atoms with Crippen LogP contribution in [0.3, 0.4) is 0 Å². The number of thiophene rings is 1. The van der Waals surface area contributed by atoms with Crippen LogP contribution in [0.25, 0.3) is 0 Å². The van der Waals surface area contributed by atoms with Crippen LogP contribution >= 0.6 is 11.3 Å². The summed E-state index contributed by atoms with van der Waals surface area (Å²) in [5.41, 5.74) is 6.28. The Balaban J connectivity index is 2.21. The van der Waals surface area contributed by atoms with Crippen LogP contribution < -0.4 is 10.5 Å². The molecule has 3 N–H and O–H groups in total. The van der Waals surface area contributed by atoms with Gasteiger partial charge in [0.2, 0.25) is 0 Å². The van der Waals surface area contributed by atoms with Crippen molar-refractivity contribution in [3.05, 3.63) is 16.5 Å². The molecule has 1 fully saturated rings. The second kappa shape index (κ2) is 5.52. The van der Waals surface area contributed by atoms with E-state index in [0.717, 1.165) is 36.1 Å². The predicted molar refractivity (Wildman–Crippen MR) is 78.8 cm³/mol. The van der Waals surface area contributed by atoms with Crippen LogP contribution in [0.4, 0.5) is 0 Å². The van der Waals surface area contributed by atoms with E-state index in [0.29, 0.717) is 10.8 Å². The third kappa shape index (κ3) is 3.37. The van der Waals surface area contributed by atoms with Gasteiger partial charge in [-0.05, 0) is 38.3 Å². The Morgan fingerprint density at radius 3 is 2.53 bits per heavy atom. The molecule has 0 aromatic carbocycles. The van der Waals surface area contributed by atoms with Gasteiger partial charge < -0.3 is 5.73 Å². The number of sulfonamides is 1. The topological polar surface area (TPSA) is 72.2 Å². The lowest BCUT2D eigenvalue weighted by molar-refractivity contribution is 0.294. The molecule has 108 valence electrons. The molecule has 0 unspecified atom stereocenters. The molecule has 0 radical (unpaired) electrons. The minimum atomic E-state index is -3.42. The molecule has 1 saturated carbocycles. The van der Waals surface area contributed by atoms with Gasteiger partial charge in [0.05, 0.1) is 0 Å². The van der Waals surface area contributed by atoms with E-state index >= 15 is 0 Å². The standard InChI is InChI=1S/C13H22N2O2S2/c1-10-8-12(18-11(10)9-14)19(16,17)15-13(2)6-4-3-5-7-13/h8,15H,3-7,9,14H2,1-2H3. The largest absolute Gasteiger partial charge is 0.326 e. The van der Waals surface area contributed by atoms with Gasteiger partial charge in [-0.1, -0.05) is 19.3 Å². The van der Waals surface area contributed by atoms with E-state index in [1.54, 1.807) is 6.07 Å². The second-order valence-corrected chi connectivity index (χ2v) is 8.65. The third-order valence-electron chi connectivity index (χ3n) is 3.79. The minimum Gasteiger partial charge on any atom is -0.326 e. The fraction of sp³-hybridized carbons (Fsp3) is 0.692. The normalized spacial score (nSPS) is 19.5. The summed E-state index contributed by atoms with van der Waals surface area (Å²) < 4.78 is 28.2. The van der Waals surface area contributed by atoms with Crippen LogP contribution in [0.1, 0.15) is 49.5 Å². The molecular formula is C13H22N2O2S2. The highest BCUT2D eigenvalue weighted by Gasteiger charge is 2.32. The van der Waals surface area contributed by atoms with E-state index in [9.17, 15) is 8.42 Å². The van der Waals surface area contributed by atoms with Crippen LogP contribution in [-0.2, 0) is 16.6 Å². The Labute approximate surface area is 119 Å². The van der Waals surface area contributed by atoms with Crippen molar-refractivity contribution < 1.29 is 8.42 Å². The lowest BCUT2D eigenvalue weighted by Crippen LogP contribution is -2.46. The number of hydrogen-bond donors (Lipinski definition) is 2. The highest BCUT2D eigenvalue weighted by Crippen LogP contribution is 2.31. The zero-order valence-corrected chi connectivity index (χ0v) is 13.2. The van der Waals surface area contributed by atoms with Gasteiger partial charge in [-0.2, -0.15) is 0 Å². The lowest BCUT2D eigenvalue weighted by atomic mass is 9.84. The first-order chi connectivity index (χ1) is 8.86. The van der Waals surface area contributed by atoms with Gasteiger partial charge in [-0.25, -0.2) is 13.1 Å². The fourth-order valence-corrected chi connectivity index (χ4v) is 5.57. The van der Waals surface area contributed by atoms with E-state index in [2.05, 4.69) is 4.72 Å². The van der Waals surface area contributed by atoms with Crippen molar-refractivity contribution in [1.29, 1.82) is 0 Å². The molecule has 0 amide bonds. The maximum Gasteiger partial charge on any atom is 0.250 e. The number of nitrogens with one attached hydrogen (secondary N) is 1. The zero-order valence-electron chi connectivity index (χ0n) is 11.5. The molecule has 2 rings (SSSR count). The van der Waals surface area contributed by atoms with E-state index in [1.807, 2.05) is 13.8 Å². The SMILES string of the molecule is Cc1cc(S(=O)(=O)NC2(C)CCCCC2)sc1CN. The highest BCUT2D eigenvalue weighted by atomic mass is 32.2. The highest BCUT2D eigenvalue weighted by molar-refractivity contribution is 7.91. The molecule has 1 aliphatic carbocycles. The first-order valence-corrected chi connectivity index (χ1v) is 9.00. The van der Waals surface area contributed by atoms with Gasteiger partial charge in [0, 0.05) is 17.0 Å². The summed E-state index contributed by atoms with van der Waals surface area (Å²) in [6.07, 6.45) is 5.22. The summed E-state index contributed by atoms with van der Waals surface area (Å²) in [7, 11) is -3.42. The molecule has 0 bridgehead atoms. The lowest BCUT2D eigenvalue weighted by Gasteiger charge is -2.33.